The van der Waals surface area contributed by atoms with Gasteiger partial charge in [-0.3, -0.25) is 9.69 Å². The number of carboxylic acid groups (broad SMARTS) is 1. The zero-order chi connectivity index (χ0) is 13.8. The van der Waals surface area contributed by atoms with Gasteiger partial charge in [0.25, 0.3) is 5.91 Å². The van der Waals surface area contributed by atoms with Gasteiger partial charge in [-0.25, -0.2) is 9.78 Å². The number of thiazole rings is 1. The number of aromatic nitrogens is 1. The van der Waals surface area contributed by atoms with Crippen LogP contribution in [-0.4, -0.2) is 52.5 Å². The summed E-state index contributed by atoms with van der Waals surface area (Å²) in [5, 5.41) is 13.1. The number of amides is 1. The number of hydrogen-bond donors (Lipinski definition) is 2. The van der Waals surface area contributed by atoms with Crippen molar-refractivity contribution in [3.8, 4) is 0 Å². The Morgan fingerprint density at radius 3 is 2.79 bits per heavy atom. The average molecular weight is 283 g/mol. The van der Waals surface area contributed by atoms with E-state index in [9.17, 15) is 9.59 Å². The van der Waals surface area contributed by atoms with E-state index < -0.39 is 5.97 Å². The number of likely N-dealkylation sites (tertiary alicyclic amines) is 1. The third kappa shape index (κ3) is 3.51. The molecule has 2 rings (SSSR count). The molecule has 0 bridgehead atoms. The molecule has 0 saturated carbocycles. The second-order valence-corrected chi connectivity index (χ2v) is 5.50. The van der Waals surface area contributed by atoms with Gasteiger partial charge < -0.3 is 10.4 Å². The summed E-state index contributed by atoms with van der Waals surface area (Å²) in [5.74, 6) is -1.41. The monoisotopic (exact) mass is 283 g/mol. The number of carboxylic acids is 1. The van der Waals surface area contributed by atoms with Crippen molar-refractivity contribution in [2.75, 3.05) is 19.6 Å². The molecular weight excluding hydrogens is 266 g/mol. The standard InChI is InChI=1S/C12H17N3O3S/c1-8(15-4-2-3-5-15)6-13-10(16)11-14-9(7-19-11)12(17)18/h7-8H,2-6H2,1H3,(H,13,16)(H,17,18). The number of carbonyl (C=O) groups excluding carboxylic acids is 1. The summed E-state index contributed by atoms with van der Waals surface area (Å²) in [7, 11) is 0. The number of nitrogens with one attached hydrogen (secondary N) is 1. The number of nitrogens with zero attached hydrogens (tertiary/aromatic N) is 2. The highest BCUT2D eigenvalue weighted by molar-refractivity contribution is 7.11. The first-order valence-corrected chi connectivity index (χ1v) is 7.17. The zero-order valence-electron chi connectivity index (χ0n) is 10.8. The lowest BCUT2D eigenvalue weighted by atomic mass is 10.3. The van der Waals surface area contributed by atoms with Crippen molar-refractivity contribution < 1.29 is 14.7 Å². The number of rotatable bonds is 5. The summed E-state index contributed by atoms with van der Waals surface area (Å²) in [6, 6.07) is 0.297. The summed E-state index contributed by atoms with van der Waals surface area (Å²) in [5.41, 5.74) is -0.0808. The van der Waals surface area contributed by atoms with Crippen molar-refractivity contribution in [2.45, 2.75) is 25.8 Å². The molecule has 7 heteroatoms. The maximum absolute atomic E-state index is 11.8. The van der Waals surface area contributed by atoms with Gasteiger partial charge >= 0.3 is 5.97 Å². The largest absolute Gasteiger partial charge is 0.476 e. The van der Waals surface area contributed by atoms with Gasteiger partial charge in [-0.05, 0) is 32.9 Å². The van der Waals surface area contributed by atoms with E-state index in [1.165, 1.54) is 18.2 Å². The molecule has 1 aromatic rings. The van der Waals surface area contributed by atoms with Crippen LogP contribution < -0.4 is 5.32 Å². The predicted octanol–water partition coefficient (Wildman–Crippen LogP) is 1.06. The molecular formula is C12H17N3O3S. The van der Waals surface area contributed by atoms with Gasteiger partial charge in [0.1, 0.15) is 0 Å². The van der Waals surface area contributed by atoms with E-state index in [1.807, 2.05) is 0 Å². The smallest absolute Gasteiger partial charge is 0.355 e. The average Bonchev–Trinajstić information content (AvgIpc) is 3.05. The second-order valence-electron chi connectivity index (χ2n) is 4.65. The third-order valence-corrected chi connectivity index (χ3v) is 4.08. The van der Waals surface area contributed by atoms with Gasteiger partial charge in [0.05, 0.1) is 0 Å². The molecule has 104 valence electrons. The molecule has 1 aromatic heterocycles. The summed E-state index contributed by atoms with van der Waals surface area (Å²) in [6.07, 6.45) is 2.43. The van der Waals surface area contributed by atoms with Gasteiger partial charge in [-0.1, -0.05) is 0 Å². The minimum atomic E-state index is -1.11. The number of aromatic carboxylic acids is 1. The lowest BCUT2D eigenvalue weighted by Crippen LogP contribution is -2.40. The van der Waals surface area contributed by atoms with E-state index in [-0.39, 0.29) is 16.6 Å². The van der Waals surface area contributed by atoms with Crippen molar-refractivity contribution in [1.82, 2.24) is 15.2 Å². The first kappa shape index (κ1) is 14.0. The summed E-state index contributed by atoms with van der Waals surface area (Å²) in [4.78, 5) is 28.6. The van der Waals surface area contributed by atoms with Crippen molar-refractivity contribution in [1.29, 1.82) is 0 Å². The van der Waals surface area contributed by atoms with Crippen LogP contribution in [0, 0.1) is 0 Å². The Balaban J connectivity index is 1.84. The van der Waals surface area contributed by atoms with Crippen LogP contribution in [0.1, 0.15) is 40.1 Å². The van der Waals surface area contributed by atoms with Gasteiger partial charge in [0.2, 0.25) is 0 Å². The quantitative estimate of drug-likeness (QED) is 0.844. The number of carbonyl (C=O) groups is 2. The minimum absolute atomic E-state index is 0.0808. The van der Waals surface area contributed by atoms with Crippen LogP contribution in [0.4, 0.5) is 0 Å². The molecule has 0 aromatic carbocycles. The van der Waals surface area contributed by atoms with Crippen LogP contribution in [0.2, 0.25) is 0 Å². The predicted molar refractivity (Wildman–Crippen MR) is 71.7 cm³/mol. The fourth-order valence-corrected chi connectivity index (χ4v) is 2.81. The second kappa shape index (κ2) is 6.12. The van der Waals surface area contributed by atoms with E-state index >= 15 is 0 Å². The normalized spacial score (nSPS) is 17.3. The Bertz CT molecular complexity index is 469. The lowest BCUT2D eigenvalue weighted by molar-refractivity contribution is 0.0691. The maximum Gasteiger partial charge on any atom is 0.355 e. The van der Waals surface area contributed by atoms with Crippen LogP contribution in [0.25, 0.3) is 0 Å². The van der Waals surface area contributed by atoms with Crippen LogP contribution in [0.3, 0.4) is 0 Å². The molecule has 19 heavy (non-hydrogen) atoms. The summed E-state index contributed by atoms with van der Waals surface area (Å²) < 4.78 is 0. The third-order valence-electron chi connectivity index (χ3n) is 3.24. The highest BCUT2D eigenvalue weighted by Gasteiger charge is 2.20. The first-order valence-electron chi connectivity index (χ1n) is 6.29. The van der Waals surface area contributed by atoms with Gasteiger partial charge in [0, 0.05) is 18.0 Å². The molecule has 1 aliphatic rings. The molecule has 1 atom stereocenters. The highest BCUT2D eigenvalue weighted by atomic mass is 32.1. The summed E-state index contributed by atoms with van der Waals surface area (Å²) in [6.45, 7) is 4.80. The highest BCUT2D eigenvalue weighted by Crippen LogP contribution is 2.12. The molecule has 0 radical (unpaired) electrons. The van der Waals surface area contributed by atoms with Crippen LogP contribution in [0.5, 0.6) is 0 Å². The van der Waals surface area contributed by atoms with Crippen LogP contribution >= 0.6 is 11.3 Å². The fourth-order valence-electron chi connectivity index (χ4n) is 2.10. The van der Waals surface area contributed by atoms with E-state index in [1.54, 1.807) is 0 Å². The van der Waals surface area contributed by atoms with E-state index in [0.29, 0.717) is 12.6 Å². The topological polar surface area (TPSA) is 82.5 Å². The molecule has 2 heterocycles. The number of hydrogen-bond acceptors (Lipinski definition) is 5. The molecule has 6 nitrogen and oxygen atoms in total. The van der Waals surface area contributed by atoms with Gasteiger partial charge in [-0.15, -0.1) is 11.3 Å². The minimum Gasteiger partial charge on any atom is -0.476 e. The SMILES string of the molecule is CC(CNC(=O)c1nc(C(=O)O)cs1)N1CCCC1. The summed E-state index contributed by atoms with van der Waals surface area (Å²) >= 11 is 1.05. The molecule has 1 amide bonds. The first-order chi connectivity index (χ1) is 9.08. The van der Waals surface area contributed by atoms with E-state index in [0.717, 1.165) is 24.4 Å². The Morgan fingerprint density at radius 2 is 2.21 bits per heavy atom. The molecule has 1 aliphatic heterocycles. The van der Waals surface area contributed by atoms with E-state index in [2.05, 4.69) is 22.1 Å². The Hall–Kier alpha value is -1.47. The van der Waals surface area contributed by atoms with Crippen molar-refractivity contribution in [3.05, 3.63) is 16.1 Å². The molecule has 0 spiro atoms. The van der Waals surface area contributed by atoms with Crippen molar-refractivity contribution in [3.63, 3.8) is 0 Å². The molecule has 2 N–H and O–H groups in total. The van der Waals surface area contributed by atoms with Gasteiger partial charge in [0.15, 0.2) is 10.7 Å². The Morgan fingerprint density at radius 1 is 1.53 bits per heavy atom. The zero-order valence-corrected chi connectivity index (χ0v) is 11.6. The fraction of sp³-hybridized carbons (Fsp3) is 0.583. The molecule has 0 aliphatic carbocycles. The van der Waals surface area contributed by atoms with Crippen molar-refractivity contribution >= 4 is 23.2 Å². The maximum atomic E-state index is 11.8. The lowest BCUT2D eigenvalue weighted by Gasteiger charge is -2.23. The van der Waals surface area contributed by atoms with Crippen molar-refractivity contribution in [2.24, 2.45) is 0 Å². The molecule has 1 saturated heterocycles. The molecule has 1 unspecified atom stereocenters. The molecule has 1 fully saturated rings. The van der Waals surface area contributed by atoms with Gasteiger partial charge in [-0.2, -0.15) is 0 Å². The Labute approximate surface area is 115 Å². The van der Waals surface area contributed by atoms with Crippen LogP contribution in [0.15, 0.2) is 5.38 Å². The van der Waals surface area contributed by atoms with E-state index in [4.69, 9.17) is 5.11 Å². The van der Waals surface area contributed by atoms with Crippen LogP contribution in [-0.2, 0) is 0 Å². The Kier molecular flexibility index (Phi) is 4.49.